The smallest absolute Gasteiger partial charge is 0.135 e. The van der Waals surface area contributed by atoms with Crippen LogP contribution in [-0.4, -0.2) is 37.6 Å². The van der Waals surface area contributed by atoms with Gasteiger partial charge >= 0.3 is 0 Å². The number of aryl methyl sites for hydroxylation is 1. The lowest BCUT2D eigenvalue weighted by Crippen LogP contribution is -2.36. The molecule has 0 bridgehead atoms. The molecule has 6 heteroatoms. The van der Waals surface area contributed by atoms with E-state index in [-0.39, 0.29) is 0 Å². The van der Waals surface area contributed by atoms with E-state index < -0.39 is 0 Å². The van der Waals surface area contributed by atoms with Crippen molar-refractivity contribution in [2.75, 3.05) is 18.0 Å². The van der Waals surface area contributed by atoms with Gasteiger partial charge in [-0.25, -0.2) is 15.0 Å². The van der Waals surface area contributed by atoms with Gasteiger partial charge in [-0.15, -0.1) is 0 Å². The summed E-state index contributed by atoms with van der Waals surface area (Å²) in [6.07, 6.45) is 11.7. The Kier molecular flexibility index (Phi) is 4.65. The van der Waals surface area contributed by atoms with Gasteiger partial charge in [-0.2, -0.15) is 0 Å². The highest BCUT2D eigenvalue weighted by Crippen LogP contribution is 2.30. The van der Waals surface area contributed by atoms with Crippen molar-refractivity contribution < 1.29 is 0 Å². The zero-order valence-corrected chi connectivity index (χ0v) is 15.3. The van der Waals surface area contributed by atoms with Crippen LogP contribution in [0.15, 0.2) is 43.2 Å². The molecule has 1 aliphatic heterocycles. The Labute approximate surface area is 154 Å². The monoisotopic (exact) mass is 348 g/mol. The molecule has 3 aromatic heterocycles. The van der Waals surface area contributed by atoms with Gasteiger partial charge in [0, 0.05) is 55.1 Å². The molecule has 0 radical (unpaired) electrons. The summed E-state index contributed by atoms with van der Waals surface area (Å²) in [5, 5.41) is 0. The molecule has 1 atom stereocenters. The van der Waals surface area contributed by atoms with Crippen molar-refractivity contribution in [3.63, 3.8) is 0 Å². The van der Waals surface area contributed by atoms with Crippen LogP contribution in [0, 0.1) is 13.8 Å². The second-order valence-corrected chi connectivity index (χ2v) is 6.97. The van der Waals surface area contributed by atoms with Gasteiger partial charge in [0.2, 0.25) is 0 Å². The summed E-state index contributed by atoms with van der Waals surface area (Å²) in [6, 6.07) is 4.09. The van der Waals surface area contributed by atoms with Gasteiger partial charge in [0.25, 0.3) is 0 Å². The first-order valence-electron chi connectivity index (χ1n) is 9.15. The Morgan fingerprint density at radius 1 is 1.15 bits per heavy atom. The van der Waals surface area contributed by atoms with Crippen LogP contribution in [0.1, 0.15) is 41.4 Å². The molecule has 4 rings (SSSR count). The average molecular weight is 348 g/mol. The fraction of sp³-hybridized carbons (Fsp3) is 0.400. The summed E-state index contributed by atoms with van der Waals surface area (Å²) in [4.78, 5) is 20.2. The molecule has 0 spiro atoms. The van der Waals surface area contributed by atoms with E-state index in [2.05, 4.69) is 48.6 Å². The van der Waals surface area contributed by atoms with Crippen LogP contribution in [-0.2, 0) is 6.54 Å². The third-order valence-electron chi connectivity index (χ3n) is 5.22. The molecule has 0 amide bonds. The first-order chi connectivity index (χ1) is 12.7. The van der Waals surface area contributed by atoms with E-state index in [1.165, 1.54) is 11.1 Å². The zero-order chi connectivity index (χ0) is 17.9. The van der Waals surface area contributed by atoms with Crippen LogP contribution in [0.25, 0.3) is 0 Å². The maximum absolute atomic E-state index is 4.69. The Morgan fingerprint density at radius 3 is 2.92 bits per heavy atom. The fourth-order valence-corrected chi connectivity index (χ4v) is 3.73. The number of pyridine rings is 1. The third-order valence-corrected chi connectivity index (χ3v) is 5.22. The molecule has 6 nitrogen and oxygen atoms in total. The molecule has 1 unspecified atom stereocenters. The van der Waals surface area contributed by atoms with E-state index in [1.54, 1.807) is 6.33 Å². The third kappa shape index (κ3) is 3.31. The first-order valence-corrected chi connectivity index (χ1v) is 9.15. The maximum Gasteiger partial charge on any atom is 0.135 e. The van der Waals surface area contributed by atoms with Gasteiger partial charge in [-0.1, -0.05) is 6.07 Å². The normalized spacial score (nSPS) is 17.5. The molecule has 0 N–H and O–H groups in total. The topological polar surface area (TPSA) is 59.7 Å². The van der Waals surface area contributed by atoms with Gasteiger partial charge in [0.05, 0.1) is 6.54 Å². The minimum atomic E-state index is 0.407. The van der Waals surface area contributed by atoms with Crippen LogP contribution in [0.5, 0.6) is 0 Å². The van der Waals surface area contributed by atoms with Crippen molar-refractivity contribution in [2.24, 2.45) is 0 Å². The summed E-state index contributed by atoms with van der Waals surface area (Å²) >= 11 is 0. The number of imidazole rings is 1. The van der Waals surface area contributed by atoms with Crippen LogP contribution in [0.3, 0.4) is 0 Å². The quantitative estimate of drug-likeness (QED) is 0.725. The van der Waals surface area contributed by atoms with Gasteiger partial charge in [0.1, 0.15) is 18.0 Å². The predicted molar refractivity (Wildman–Crippen MR) is 101 cm³/mol. The molecule has 0 aromatic carbocycles. The number of aromatic nitrogens is 5. The minimum absolute atomic E-state index is 0.407. The van der Waals surface area contributed by atoms with Gasteiger partial charge < -0.3 is 9.47 Å². The molecule has 1 saturated heterocycles. The molecule has 4 heterocycles. The highest BCUT2D eigenvalue weighted by Gasteiger charge is 2.26. The number of piperidine rings is 1. The van der Waals surface area contributed by atoms with Gasteiger partial charge in [-0.05, 0) is 38.3 Å². The van der Waals surface area contributed by atoms with E-state index in [9.17, 15) is 0 Å². The van der Waals surface area contributed by atoms with E-state index in [0.717, 1.165) is 49.8 Å². The molecule has 0 aliphatic carbocycles. The van der Waals surface area contributed by atoms with Crippen molar-refractivity contribution in [1.82, 2.24) is 24.5 Å². The molecule has 134 valence electrons. The van der Waals surface area contributed by atoms with E-state index in [0.29, 0.717) is 5.92 Å². The number of nitrogens with zero attached hydrogens (tertiary/aromatic N) is 6. The van der Waals surface area contributed by atoms with Crippen LogP contribution in [0.4, 0.5) is 5.82 Å². The molecular weight excluding hydrogens is 324 g/mol. The van der Waals surface area contributed by atoms with E-state index in [1.807, 2.05) is 31.6 Å². The number of rotatable bonds is 4. The van der Waals surface area contributed by atoms with E-state index in [4.69, 9.17) is 0 Å². The molecule has 1 fully saturated rings. The van der Waals surface area contributed by atoms with Gasteiger partial charge in [-0.3, -0.25) is 4.98 Å². The van der Waals surface area contributed by atoms with Crippen molar-refractivity contribution in [2.45, 2.75) is 39.2 Å². The molecule has 0 saturated carbocycles. The number of hydrogen-bond acceptors (Lipinski definition) is 5. The van der Waals surface area contributed by atoms with Crippen molar-refractivity contribution in [3.8, 4) is 0 Å². The number of anilines is 1. The highest BCUT2D eigenvalue weighted by molar-refractivity contribution is 5.48. The molecule has 3 aromatic rings. The fourth-order valence-electron chi connectivity index (χ4n) is 3.73. The Hall–Kier alpha value is -2.76. The molecular formula is C20H24N6. The highest BCUT2D eigenvalue weighted by atomic mass is 15.2. The van der Waals surface area contributed by atoms with Gasteiger partial charge in [0.15, 0.2) is 0 Å². The van der Waals surface area contributed by atoms with Crippen molar-refractivity contribution in [3.05, 3.63) is 65.9 Å². The average Bonchev–Trinajstić information content (AvgIpc) is 3.13. The summed E-state index contributed by atoms with van der Waals surface area (Å²) in [7, 11) is 0. The van der Waals surface area contributed by atoms with Crippen LogP contribution < -0.4 is 4.90 Å². The lowest BCUT2D eigenvalue weighted by Gasteiger charge is -2.34. The maximum atomic E-state index is 4.69. The van der Waals surface area contributed by atoms with Crippen LogP contribution in [0.2, 0.25) is 0 Å². The Balaban J connectivity index is 1.55. The zero-order valence-electron chi connectivity index (χ0n) is 15.3. The van der Waals surface area contributed by atoms with Crippen molar-refractivity contribution >= 4 is 5.82 Å². The lowest BCUT2D eigenvalue weighted by molar-refractivity contribution is 0.473. The summed E-state index contributed by atoms with van der Waals surface area (Å²) in [5.74, 6) is 2.62. The largest absolute Gasteiger partial charge is 0.356 e. The SMILES string of the molecule is Cc1ncnc(N2CCCC(c3nccn3Cc3cccnc3)C2)c1C. The second kappa shape index (κ2) is 7.23. The standard InChI is InChI=1S/C20H24N6/c1-15-16(2)23-14-24-19(15)25-9-4-6-18(13-25)20-22-8-10-26(20)12-17-5-3-7-21-11-17/h3,5,7-8,10-11,14,18H,4,6,9,12-13H2,1-2H3. The Bertz CT molecular complexity index is 873. The summed E-state index contributed by atoms with van der Waals surface area (Å²) in [5.41, 5.74) is 3.42. The predicted octanol–water partition coefficient (Wildman–Crippen LogP) is 3.12. The number of hydrogen-bond donors (Lipinski definition) is 0. The Morgan fingerprint density at radius 2 is 2.08 bits per heavy atom. The second-order valence-electron chi connectivity index (χ2n) is 6.97. The molecule has 26 heavy (non-hydrogen) atoms. The molecule has 1 aliphatic rings. The summed E-state index contributed by atoms with van der Waals surface area (Å²) < 4.78 is 2.25. The van der Waals surface area contributed by atoms with Crippen LogP contribution >= 0.6 is 0 Å². The summed E-state index contributed by atoms with van der Waals surface area (Å²) in [6.45, 7) is 6.95. The van der Waals surface area contributed by atoms with Crippen molar-refractivity contribution in [1.29, 1.82) is 0 Å². The van der Waals surface area contributed by atoms with E-state index >= 15 is 0 Å². The minimum Gasteiger partial charge on any atom is -0.356 e. The lowest BCUT2D eigenvalue weighted by atomic mass is 9.96. The first kappa shape index (κ1) is 16.7.